The Morgan fingerprint density at radius 2 is 1.92 bits per heavy atom. The van der Waals surface area contributed by atoms with Gasteiger partial charge in [-0.05, 0) is 0 Å². The summed E-state index contributed by atoms with van der Waals surface area (Å²) < 4.78 is -0.569. The van der Waals surface area contributed by atoms with Crippen LogP contribution in [0.5, 0.6) is 0 Å². The molecule has 13 heavy (non-hydrogen) atoms. The Labute approximate surface area is 76.5 Å². The number of hydroxylamine groups is 2. The fourth-order valence-electron chi connectivity index (χ4n) is 1.01. The van der Waals surface area contributed by atoms with Crippen molar-refractivity contribution >= 4 is 11.8 Å². The Hall–Kier alpha value is -1.39. The molecular weight excluding hydrogens is 170 g/mol. The lowest BCUT2D eigenvalue weighted by Gasteiger charge is -2.22. The van der Waals surface area contributed by atoms with Gasteiger partial charge in [-0.15, -0.1) is 0 Å². The van der Waals surface area contributed by atoms with E-state index in [9.17, 15) is 4.79 Å². The van der Waals surface area contributed by atoms with Crippen LogP contribution in [0.1, 0.15) is 0 Å². The summed E-state index contributed by atoms with van der Waals surface area (Å²) in [5.41, 5.74) is 0.581. The molecule has 1 rings (SSSR count). The van der Waals surface area contributed by atoms with Gasteiger partial charge in [-0.25, -0.2) is 0 Å². The van der Waals surface area contributed by atoms with Crippen molar-refractivity contribution in [1.82, 2.24) is 4.65 Å². The van der Waals surface area contributed by atoms with E-state index in [0.717, 1.165) is 0 Å². The monoisotopic (exact) mass is 182 g/mol. The average Bonchev–Trinajstić information content (AvgIpc) is 2.17. The summed E-state index contributed by atoms with van der Waals surface area (Å²) in [4.78, 5) is 15.8. The molecule has 0 aromatic heterocycles. The quantitative estimate of drug-likeness (QED) is 0.561. The molecule has 0 bridgehead atoms. The molecule has 0 saturated carbocycles. The fraction of sp³-hybridized carbons (Fsp3) is 0.222. The van der Waals surface area contributed by atoms with Crippen molar-refractivity contribution in [3.8, 4) is 0 Å². The van der Waals surface area contributed by atoms with Gasteiger partial charge in [0.2, 0.25) is 0 Å². The number of para-hydroxylation sites is 1. The predicted molar refractivity (Wildman–Crippen MR) is 49.2 cm³/mol. The summed E-state index contributed by atoms with van der Waals surface area (Å²) in [6, 6.07) is 8.78. The summed E-state index contributed by atoms with van der Waals surface area (Å²) in [7, 11) is 2.83. The minimum absolute atomic E-state index is 0.569. The van der Waals surface area contributed by atoms with Gasteiger partial charge in [-0.1, -0.05) is 22.8 Å². The second kappa shape index (κ2) is 3.55. The molecule has 0 fully saturated rings. The van der Waals surface area contributed by atoms with E-state index in [1.54, 1.807) is 24.3 Å². The largest absolute Gasteiger partial charge is 0.552 e. The van der Waals surface area contributed by atoms with Crippen LogP contribution in [0.25, 0.3) is 0 Å². The van der Waals surface area contributed by atoms with Gasteiger partial charge < -0.3 is 5.11 Å². The van der Waals surface area contributed by atoms with Crippen molar-refractivity contribution in [3.05, 3.63) is 30.3 Å². The number of hydrogen-bond acceptors (Lipinski definition) is 2. The van der Waals surface area contributed by atoms with Crippen LogP contribution in [-0.2, 0) is 4.84 Å². The zero-order valence-electron chi connectivity index (χ0n) is 7.60. The lowest BCUT2D eigenvalue weighted by molar-refractivity contribution is -0.0739. The molecule has 1 N–H and O–H groups in total. The van der Waals surface area contributed by atoms with Crippen LogP contribution in [0.15, 0.2) is 30.3 Å². The number of hydrogen-bond donors (Lipinski definition) is 1. The Morgan fingerprint density at radius 3 is 2.31 bits per heavy atom. The first-order valence-corrected chi connectivity index (χ1v) is 3.82. The van der Waals surface area contributed by atoms with Crippen molar-refractivity contribution in [2.45, 2.75) is 0 Å². The molecule has 1 amide bonds. The topological polar surface area (TPSA) is 46.5 Å². The predicted octanol–water partition coefficient (Wildman–Crippen LogP) is 1.86. The lowest BCUT2D eigenvalue weighted by Crippen LogP contribution is -2.48. The average molecular weight is 182 g/mol. The van der Waals surface area contributed by atoms with Crippen LogP contribution in [-0.4, -0.2) is 25.4 Å². The molecule has 1 aromatic carbocycles. The molecule has 70 valence electrons. The van der Waals surface area contributed by atoms with E-state index in [4.69, 9.17) is 9.94 Å². The van der Waals surface area contributed by atoms with E-state index in [0.29, 0.717) is 5.69 Å². The number of carbonyl (C=O) groups is 1. The first-order valence-electron chi connectivity index (χ1n) is 3.82. The molecule has 1 unspecified atom stereocenters. The third-order valence-corrected chi connectivity index (χ3v) is 1.98. The Balaban J connectivity index is 3.11. The number of carboxylic acid groups (broad SMARTS) is 1. The third-order valence-electron chi connectivity index (χ3n) is 1.98. The van der Waals surface area contributed by atoms with Gasteiger partial charge in [0.1, 0.15) is 7.05 Å². The minimum Gasteiger partial charge on any atom is -0.433 e. The lowest BCUT2D eigenvalue weighted by atomic mass is 10.3. The molecule has 1 atom stereocenters. The Morgan fingerprint density at radius 1 is 1.38 bits per heavy atom. The second-order valence-corrected chi connectivity index (χ2v) is 2.72. The molecule has 4 heteroatoms. The highest BCUT2D eigenvalue weighted by molar-refractivity contribution is 5.77. The van der Waals surface area contributed by atoms with Gasteiger partial charge in [0.15, 0.2) is 5.69 Å². The van der Waals surface area contributed by atoms with Crippen molar-refractivity contribution in [2.75, 3.05) is 14.2 Å². The first kappa shape index (κ1) is 9.70. The molecular formula is C9H12NO3+. The van der Waals surface area contributed by atoms with Crippen molar-refractivity contribution in [1.29, 1.82) is 0 Å². The van der Waals surface area contributed by atoms with E-state index in [1.807, 2.05) is 6.07 Å². The molecule has 0 heterocycles. The van der Waals surface area contributed by atoms with Gasteiger partial charge in [-0.2, -0.15) is 9.63 Å². The molecule has 0 aliphatic carbocycles. The number of quaternary nitrogens is 1. The number of rotatable bonds is 2. The van der Waals surface area contributed by atoms with Gasteiger partial charge in [0.25, 0.3) is 0 Å². The normalized spacial score (nSPS) is 14.9. The van der Waals surface area contributed by atoms with Crippen molar-refractivity contribution in [2.24, 2.45) is 0 Å². The van der Waals surface area contributed by atoms with Crippen LogP contribution in [0, 0.1) is 0 Å². The summed E-state index contributed by atoms with van der Waals surface area (Å²) in [6.45, 7) is 0. The SMILES string of the molecule is CO[N+](C)(C(=O)O)c1ccccc1. The fourth-order valence-corrected chi connectivity index (χ4v) is 1.01. The summed E-state index contributed by atoms with van der Waals surface area (Å²) in [5, 5.41) is 8.93. The van der Waals surface area contributed by atoms with Crippen LogP contribution >= 0.6 is 0 Å². The smallest absolute Gasteiger partial charge is 0.433 e. The number of benzene rings is 1. The molecule has 0 spiro atoms. The Bertz CT molecular complexity index is 299. The first-order chi connectivity index (χ1) is 6.11. The van der Waals surface area contributed by atoms with Gasteiger partial charge >= 0.3 is 6.09 Å². The molecule has 0 aliphatic rings. The zero-order valence-corrected chi connectivity index (χ0v) is 7.60. The minimum atomic E-state index is -1.05. The van der Waals surface area contributed by atoms with Crippen molar-refractivity contribution in [3.63, 3.8) is 0 Å². The van der Waals surface area contributed by atoms with Crippen LogP contribution in [0.2, 0.25) is 0 Å². The molecule has 0 saturated heterocycles. The van der Waals surface area contributed by atoms with Gasteiger partial charge in [-0.3, -0.25) is 0 Å². The highest BCUT2D eigenvalue weighted by atomic mass is 16.7. The van der Waals surface area contributed by atoms with Crippen LogP contribution in [0.4, 0.5) is 10.5 Å². The highest BCUT2D eigenvalue weighted by Gasteiger charge is 2.35. The number of nitrogens with zero attached hydrogens (tertiary/aromatic N) is 1. The maximum Gasteiger partial charge on any atom is 0.552 e. The van der Waals surface area contributed by atoms with E-state index < -0.39 is 10.7 Å². The van der Waals surface area contributed by atoms with Gasteiger partial charge in [0.05, 0.1) is 7.11 Å². The third kappa shape index (κ3) is 1.68. The second-order valence-electron chi connectivity index (χ2n) is 2.72. The molecule has 0 radical (unpaired) electrons. The Kier molecular flexibility index (Phi) is 2.65. The number of amides is 1. The summed E-state index contributed by atoms with van der Waals surface area (Å²) in [6.07, 6.45) is -1.05. The highest BCUT2D eigenvalue weighted by Crippen LogP contribution is 2.20. The zero-order chi connectivity index (χ0) is 9.90. The van der Waals surface area contributed by atoms with E-state index in [-0.39, 0.29) is 0 Å². The molecule has 1 aromatic rings. The van der Waals surface area contributed by atoms with E-state index in [1.165, 1.54) is 14.2 Å². The maximum absolute atomic E-state index is 10.9. The molecule has 4 nitrogen and oxygen atoms in total. The van der Waals surface area contributed by atoms with Crippen LogP contribution < -0.4 is 4.65 Å². The van der Waals surface area contributed by atoms with Crippen molar-refractivity contribution < 1.29 is 14.7 Å². The van der Waals surface area contributed by atoms with E-state index in [2.05, 4.69) is 0 Å². The summed E-state index contributed by atoms with van der Waals surface area (Å²) >= 11 is 0. The summed E-state index contributed by atoms with van der Waals surface area (Å²) in [5.74, 6) is 0. The standard InChI is InChI=1S/C9H11NO3/c1-10(13-2,9(11)12)8-6-4-3-5-7-8/h3-7H,1-2H3/p+1. The van der Waals surface area contributed by atoms with E-state index >= 15 is 0 Å². The van der Waals surface area contributed by atoms with Gasteiger partial charge in [0, 0.05) is 12.1 Å². The maximum atomic E-state index is 10.9. The van der Waals surface area contributed by atoms with Crippen LogP contribution in [0.3, 0.4) is 0 Å². The molecule has 0 aliphatic heterocycles.